The summed E-state index contributed by atoms with van der Waals surface area (Å²) in [6.45, 7) is 2.03. The molecule has 1 atom stereocenters. The molecule has 4 rings (SSSR count). The van der Waals surface area contributed by atoms with Crippen LogP contribution in [0.4, 0.5) is 5.69 Å². The summed E-state index contributed by atoms with van der Waals surface area (Å²) >= 11 is 0. The summed E-state index contributed by atoms with van der Waals surface area (Å²) in [5.41, 5.74) is 0.548. The van der Waals surface area contributed by atoms with Crippen LogP contribution >= 0.6 is 0 Å². The molecule has 1 saturated carbocycles. The number of amides is 1. The minimum atomic E-state index is -0.144. The number of hydrogen-bond acceptors (Lipinski definition) is 3. The highest BCUT2D eigenvalue weighted by molar-refractivity contribution is 6.02. The van der Waals surface area contributed by atoms with Gasteiger partial charge in [-0.2, -0.15) is 5.10 Å². The van der Waals surface area contributed by atoms with Crippen LogP contribution in [0.25, 0.3) is 16.6 Å². The molecule has 146 valence electrons. The van der Waals surface area contributed by atoms with Crippen molar-refractivity contribution in [3.63, 3.8) is 0 Å². The highest BCUT2D eigenvalue weighted by Gasteiger charge is 2.25. The SMILES string of the molecule is CC(C(=O)Nc1cccc2c(=O)n(-c3ccn[nH]3)ccc12)C1CCCCCC1. The molecule has 6 nitrogen and oxygen atoms in total. The molecule has 2 heterocycles. The largest absolute Gasteiger partial charge is 0.325 e. The van der Waals surface area contributed by atoms with Gasteiger partial charge in [0.2, 0.25) is 5.91 Å². The Morgan fingerprint density at radius 3 is 2.64 bits per heavy atom. The second-order valence-electron chi connectivity index (χ2n) is 7.73. The number of aromatic amines is 1. The van der Waals surface area contributed by atoms with Crippen LogP contribution in [-0.2, 0) is 4.79 Å². The highest BCUT2D eigenvalue weighted by atomic mass is 16.2. The topological polar surface area (TPSA) is 79.8 Å². The van der Waals surface area contributed by atoms with E-state index in [0.717, 1.165) is 18.2 Å². The van der Waals surface area contributed by atoms with E-state index >= 15 is 0 Å². The first-order chi connectivity index (χ1) is 13.6. The van der Waals surface area contributed by atoms with E-state index in [2.05, 4.69) is 15.5 Å². The second-order valence-corrected chi connectivity index (χ2v) is 7.73. The van der Waals surface area contributed by atoms with Crippen molar-refractivity contribution in [3.8, 4) is 5.82 Å². The Morgan fingerprint density at radius 1 is 1.14 bits per heavy atom. The molecule has 2 N–H and O–H groups in total. The molecule has 2 aromatic heterocycles. The van der Waals surface area contributed by atoms with Gasteiger partial charge in [-0.15, -0.1) is 0 Å². The lowest BCUT2D eigenvalue weighted by atomic mass is 9.87. The third-order valence-corrected chi connectivity index (χ3v) is 5.97. The van der Waals surface area contributed by atoms with Gasteiger partial charge in [0.25, 0.3) is 5.56 Å². The molecule has 0 aliphatic heterocycles. The van der Waals surface area contributed by atoms with Crippen LogP contribution in [0.2, 0.25) is 0 Å². The first-order valence-corrected chi connectivity index (χ1v) is 10.1. The van der Waals surface area contributed by atoms with Crippen LogP contribution in [0.3, 0.4) is 0 Å². The van der Waals surface area contributed by atoms with E-state index in [1.807, 2.05) is 25.1 Å². The van der Waals surface area contributed by atoms with Crippen molar-refractivity contribution in [2.45, 2.75) is 45.4 Å². The Morgan fingerprint density at radius 2 is 1.93 bits per heavy atom. The molecule has 1 fully saturated rings. The number of carbonyl (C=O) groups is 1. The van der Waals surface area contributed by atoms with Crippen LogP contribution in [0, 0.1) is 11.8 Å². The van der Waals surface area contributed by atoms with Gasteiger partial charge in [0.15, 0.2) is 0 Å². The first kappa shape index (κ1) is 18.5. The minimum Gasteiger partial charge on any atom is -0.325 e. The Kier molecular flexibility index (Phi) is 5.28. The summed E-state index contributed by atoms with van der Waals surface area (Å²) in [5.74, 6) is 1.06. The Bertz CT molecular complexity index is 1010. The molecule has 1 aliphatic rings. The van der Waals surface area contributed by atoms with Crippen molar-refractivity contribution in [2.75, 3.05) is 5.32 Å². The van der Waals surface area contributed by atoms with Crippen molar-refractivity contribution in [1.82, 2.24) is 14.8 Å². The lowest BCUT2D eigenvalue weighted by Gasteiger charge is -2.22. The molecule has 0 bridgehead atoms. The summed E-state index contributed by atoms with van der Waals surface area (Å²) in [6.07, 6.45) is 10.5. The van der Waals surface area contributed by atoms with Gasteiger partial charge in [-0.25, -0.2) is 0 Å². The Balaban J connectivity index is 1.61. The van der Waals surface area contributed by atoms with E-state index in [1.165, 1.54) is 30.3 Å². The van der Waals surface area contributed by atoms with Gasteiger partial charge in [-0.3, -0.25) is 19.3 Å². The van der Waals surface area contributed by atoms with Crippen molar-refractivity contribution in [1.29, 1.82) is 0 Å². The smallest absolute Gasteiger partial charge is 0.264 e. The van der Waals surface area contributed by atoms with Gasteiger partial charge in [0.1, 0.15) is 5.82 Å². The lowest BCUT2D eigenvalue weighted by molar-refractivity contribution is -0.121. The molecule has 0 radical (unpaired) electrons. The number of H-pyrrole nitrogens is 1. The van der Waals surface area contributed by atoms with Crippen molar-refractivity contribution in [3.05, 3.63) is 53.1 Å². The summed E-state index contributed by atoms with van der Waals surface area (Å²) in [6, 6.07) is 9.07. The zero-order valence-electron chi connectivity index (χ0n) is 16.1. The maximum absolute atomic E-state index is 12.9. The number of nitrogens with one attached hydrogen (secondary N) is 2. The number of hydrogen-bond donors (Lipinski definition) is 2. The minimum absolute atomic E-state index is 0.0290. The zero-order chi connectivity index (χ0) is 19.5. The molecular weight excluding hydrogens is 352 g/mol. The van der Waals surface area contributed by atoms with Crippen LogP contribution < -0.4 is 10.9 Å². The van der Waals surface area contributed by atoms with E-state index in [0.29, 0.717) is 22.8 Å². The van der Waals surface area contributed by atoms with Gasteiger partial charge in [-0.05, 0) is 37.0 Å². The number of anilines is 1. The number of nitrogens with zero attached hydrogens (tertiary/aromatic N) is 2. The third-order valence-electron chi connectivity index (χ3n) is 5.97. The van der Waals surface area contributed by atoms with Gasteiger partial charge < -0.3 is 5.32 Å². The number of pyridine rings is 1. The summed E-state index contributed by atoms with van der Waals surface area (Å²) in [7, 11) is 0. The number of fused-ring (bicyclic) bond motifs is 1. The quantitative estimate of drug-likeness (QED) is 0.666. The number of aromatic nitrogens is 3. The van der Waals surface area contributed by atoms with Crippen LogP contribution in [0.5, 0.6) is 0 Å². The summed E-state index contributed by atoms with van der Waals surface area (Å²) in [4.78, 5) is 25.8. The average molecular weight is 378 g/mol. The van der Waals surface area contributed by atoms with Crippen LogP contribution in [0.1, 0.15) is 45.4 Å². The van der Waals surface area contributed by atoms with Gasteiger partial charge in [-0.1, -0.05) is 38.7 Å². The zero-order valence-corrected chi connectivity index (χ0v) is 16.1. The fourth-order valence-electron chi connectivity index (χ4n) is 4.23. The van der Waals surface area contributed by atoms with Crippen molar-refractivity contribution < 1.29 is 4.79 Å². The van der Waals surface area contributed by atoms with Crippen LogP contribution in [-0.4, -0.2) is 20.7 Å². The van der Waals surface area contributed by atoms with E-state index < -0.39 is 0 Å². The predicted molar refractivity (Wildman–Crippen MR) is 111 cm³/mol. The number of rotatable bonds is 4. The fraction of sp³-hybridized carbons (Fsp3) is 0.409. The molecular formula is C22H26N4O2. The Hall–Kier alpha value is -2.89. The molecule has 28 heavy (non-hydrogen) atoms. The highest BCUT2D eigenvalue weighted by Crippen LogP contribution is 2.30. The average Bonchev–Trinajstić information content (AvgIpc) is 3.10. The molecule has 1 aromatic carbocycles. The maximum atomic E-state index is 12.9. The second kappa shape index (κ2) is 8.00. The summed E-state index contributed by atoms with van der Waals surface area (Å²) < 4.78 is 1.52. The van der Waals surface area contributed by atoms with E-state index in [9.17, 15) is 9.59 Å². The molecule has 1 unspecified atom stereocenters. The normalized spacial score (nSPS) is 16.6. The maximum Gasteiger partial charge on any atom is 0.264 e. The van der Waals surface area contributed by atoms with Gasteiger partial charge in [0, 0.05) is 34.6 Å². The number of carbonyl (C=O) groups excluding carboxylic acids is 1. The molecule has 1 aliphatic carbocycles. The predicted octanol–water partition coefficient (Wildman–Crippen LogP) is 4.26. The van der Waals surface area contributed by atoms with Crippen molar-refractivity contribution in [2.24, 2.45) is 11.8 Å². The van der Waals surface area contributed by atoms with E-state index in [4.69, 9.17) is 0 Å². The Labute approximate surface area is 164 Å². The van der Waals surface area contributed by atoms with Crippen molar-refractivity contribution >= 4 is 22.4 Å². The molecule has 0 spiro atoms. The molecule has 0 saturated heterocycles. The monoisotopic (exact) mass is 378 g/mol. The van der Waals surface area contributed by atoms with Crippen LogP contribution in [0.15, 0.2) is 47.5 Å². The van der Waals surface area contributed by atoms with E-state index in [-0.39, 0.29) is 17.4 Å². The fourth-order valence-corrected chi connectivity index (χ4v) is 4.23. The van der Waals surface area contributed by atoms with Gasteiger partial charge >= 0.3 is 0 Å². The first-order valence-electron chi connectivity index (χ1n) is 10.1. The van der Waals surface area contributed by atoms with Gasteiger partial charge in [0.05, 0.1) is 6.20 Å². The molecule has 1 amide bonds. The number of benzene rings is 1. The third kappa shape index (κ3) is 3.59. The lowest BCUT2D eigenvalue weighted by Crippen LogP contribution is -2.27. The molecule has 3 aromatic rings. The molecule has 6 heteroatoms. The summed E-state index contributed by atoms with van der Waals surface area (Å²) in [5, 5.41) is 11.1. The standard InChI is InChI=1S/C22H26N4O2/c1-15(16-7-4-2-3-5-8-16)21(27)24-19-10-6-9-18-17(19)12-14-26(22(18)28)20-11-13-23-25-20/h6,9-16H,2-5,7-8H2,1H3,(H,23,25)(H,24,27). The van der Waals surface area contributed by atoms with E-state index in [1.54, 1.807) is 24.5 Å².